The van der Waals surface area contributed by atoms with Gasteiger partial charge < -0.3 is 24.6 Å². The number of rotatable bonds is 7. The molecule has 12 heteroatoms. The van der Waals surface area contributed by atoms with E-state index in [1.54, 1.807) is 6.07 Å². The molecule has 0 aromatic heterocycles. The van der Waals surface area contributed by atoms with Gasteiger partial charge in [0.15, 0.2) is 29.6 Å². The molecule has 2 heterocycles. The standard InChI is InChI=1S/C30H29F5N2O5/c1-16-21(14-37-9-11-40-12-10-37)41-30(42-28(16)18-7-5-17(15-38)6-8-18)19-3-2-4-20(13-19)36-29(39)22-23(31)25(33)27(35)26(34)24(22)32/h2-8,13,16,21,28,30,38H,9-12,14-15H2,1H3,(H,36,39). The Hall–Kier alpha value is -3.42. The van der Waals surface area contributed by atoms with Crippen molar-refractivity contribution in [3.8, 4) is 0 Å². The van der Waals surface area contributed by atoms with E-state index in [1.165, 1.54) is 18.2 Å². The topological polar surface area (TPSA) is 80.3 Å². The molecule has 4 atom stereocenters. The maximum atomic E-state index is 14.2. The van der Waals surface area contributed by atoms with Crippen molar-refractivity contribution in [2.45, 2.75) is 32.0 Å². The Morgan fingerprint density at radius 1 is 0.905 bits per heavy atom. The molecule has 2 N–H and O–H groups in total. The van der Waals surface area contributed by atoms with Crippen LogP contribution < -0.4 is 5.32 Å². The largest absolute Gasteiger partial charge is 0.392 e. The molecular formula is C30H29F5N2O5. The van der Waals surface area contributed by atoms with Crippen LogP contribution in [0.15, 0.2) is 48.5 Å². The molecule has 2 aliphatic heterocycles. The molecular weight excluding hydrogens is 563 g/mol. The first kappa shape index (κ1) is 30.1. The Bertz CT molecular complexity index is 1410. The van der Waals surface area contributed by atoms with E-state index in [1.807, 2.05) is 31.2 Å². The van der Waals surface area contributed by atoms with E-state index >= 15 is 0 Å². The first-order valence-electron chi connectivity index (χ1n) is 13.4. The fraction of sp³-hybridized carbons (Fsp3) is 0.367. The summed E-state index contributed by atoms with van der Waals surface area (Å²) >= 11 is 0. The maximum absolute atomic E-state index is 14.2. The average molecular weight is 593 g/mol. The fourth-order valence-corrected chi connectivity index (χ4v) is 5.13. The number of morpholine rings is 1. The van der Waals surface area contributed by atoms with Gasteiger partial charge >= 0.3 is 0 Å². The molecule has 224 valence electrons. The minimum atomic E-state index is -2.35. The van der Waals surface area contributed by atoms with E-state index in [4.69, 9.17) is 14.2 Å². The lowest BCUT2D eigenvalue weighted by Gasteiger charge is -2.43. The molecule has 0 saturated carbocycles. The van der Waals surface area contributed by atoms with Crippen molar-refractivity contribution in [3.05, 3.63) is 99.9 Å². The van der Waals surface area contributed by atoms with Crippen molar-refractivity contribution < 1.29 is 46.1 Å². The lowest BCUT2D eigenvalue weighted by Crippen LogP contribution is -2.47. The molecule has 2 saturated heterocycles. The van der Waals surface area contributed by atoms with Crippen molar-refractivity contribution in [3.63, 3.8) is 0 Å². The second-order valence-electron chi connectivity index (χ2n) is 10.3. The number of amides is 1. The summed E-state index contributed by atoms with van der Waals surface area (Å²) in [7, 11) is 0. The second-order valence-corrected chi connectivity index (χ2v) is 10.3. The summed E-state index contributed by atoms with van der Waals surface area (Å²) in [5.41, 5.74) is 0.516. The van der Waals surface area contributed by atoms with E-state index in [-0.39, 0.29) is 24.3 Å². The van der Waals surface area contributed by atoms with Gasteiger partial charge in [-0.1, -0.05) is 43.3 Å². The van der Waals surface area contributed by atoms with Gasteiger partial charge in [-0.05, 0) is 23.3 Å². The number of carbonyl (C=O) groups is 1. The number of benzene rings is 3. The fourth-order valence-electron chi connectivity index (χ4n) is 5.13. The van der Waals surface area contributed by atoms with Gasteiger partial charge in [-0.15, -0.1) is 0 Å². The van der Waals surface area contributed by atoms with Crippen molar-refractivity contribution in [1.29, 1.82) is 0 Å². The average Bonchev–Trinajstić information content (AvgIpc) is 3.01. The van der Waals surface area contributed by atoms with Crippen LogP contribution in [-0.2, 0) is 20.8 Å². The molecule has 42 heavy (non-hydrogen) atoms. The van der Waals surface area contributed by atoms with Crippen LogP contribution in [0.2, 0.25) is 0 Å². The SMILES string of the molecule is CC1C(CN2CCOCC2)OC(c2cccc(NC(=O)c3c(F)c(F)c(F)c(F)c3F)c2)OC1c1ccc(CO)cc1. The molecule has 3 aromatic rings. The van der Waals surface area contributed by atoms with Crippen LogP contribution in [0.5, 0.6) is 0 Å². The number of hydrogen-bond donors (Lipinski definition) is 2. The lowest BCUT2D eigenvalue weighted by molar-refractivity contribution is -0.277. The van der Waals surface area contributed by atoms with Gasteiger partial charge in [0, 0.05) is 36.8 Å². The van der Waals surface area contributed by atoms with Crippen LogP contribution in [0.4, 0.5) is 27.6 Å². The second kappa shape index (κ2) is 12.8. The van der Waals surface area contributed by atoms with Crippen molar-refractivity contribution in [2.75, 3.05) is 38.2 Å². The predicted octanol–water partition coefficient (Wildman–Crippen LogP) is 5.25. The Morgan fingerprint density at radius 2 is 1.55 bits per heavy atom. The van der Waals surface area contributed by atoms with Gasteiger partial charge in [-0.2, -0.15) is 0 Å². The van der Waals surface area contributed by atoms with Crippen LogP contribution in [0, 0.1) is 35.0 Å². The smallest absolute Gasteiger partial charge is 0.261 e. The Morgan fingerprint density at radius 3 is 2.19 bits per heavy atom. The number of ether oxygens (including phenoxy) is 3. The molecule has 2 fully saturated rings. The number of anilines is 1. The molecule has 1 amide bonds. The van der Waals surface area contributed by atoms with Crippen LogP contribution in [-0.4, -0.2) is 54.9 Å². The highest BCUT2D eigenvalue weighted by Crippen LogP contribution is 2.42. The highest BCUT2D eigenvalue weighted by molar-refractivity contribution is 6.04. The third-order valence-electron chi connectivity index (χ3n) is 7.52. The van der Waals surface area contributed by atoms with Gasteiger partial charge in [-0.25, -0.2) is 22.0 Å². The highest BCUT2D eigenvalue weighted by atomic mass is 19.2. The molecule has 4 unspecified atom stereocenters. The summed E-state index contributed by atoms with van der Waals surface area (Å²) in [6.07, 6.45) is -1.61. The van der Waals surface area contributed by atoms with E-state index in [2.05, 4.69) is 10.2 Å². The van der Waals surface area contributed by atoms with Crippen LogP contribution in [0.25, 0.3) is 0 Å². The normalized spacial score (nSPS) is 23.1. The summed E-state index contributed by atoms with van der Waals surface area (Å²) < 4.78 is 87.4. The van der Waals surface area contributed by atoms with Crippen LogP contribution in [0.1, 0.15) is 46.4 Å². The van der Waals surface area contributed by atoms with Crippen molar-refractivity contribution in [1.82, 2.24) is 4.90 Å². The number of aliphatic hydroxyl groups is 1. The zero-order chi connectivity index (χ0) is 30.0. The molecule has 0 radical (unpaired) electrons. The molecule has 5 rings (SSSR count). The monoisotopic (exact) mass is 592 g/mol. The van der Waals surface area contributed by atoms with Gasteiger partial charge in [0.25, 0.3) is 5.91 Å². The highest BCUT2D eigenvalue weighted by Gasteiger charge is 2.39. The zero-order valence-electron chi connectivity index (χ0n) is 22.6. The third kappa shape index (κ3) is 6.18. The summed E-state index contributed by atoms with van der Waals surface area (Å²) in [5, 5.41) is 11.6. The molecule has 0 aliphatic carbocycles. The van der Waals surface area contributed by atoms with Gasteiger partial charge in [0.05, 0.1) is 32.0 Å². The van der Waals surface area contributed by atoms with E-state index in [0.717, 1.165) is 24.2 Å². The van der Waals surface area contributed by atoms with Crippen molar-refractivity contribution in [2.24, 2.45) is 5.92 Å². The number of halogens is 5. The van der Waals surface area contributed by atoms with E-state index in [0.29, 0.717) is 25.3 Å². The Kier molecular flexibility index (Phi) is 9.19. The molecule has 7 nitrogen and oxygen atoms in total. The minimum Gasteiger partial charge on any atom is -0.392 e. The molecule has 0 bridgehead atoms. The summed E-state index contributed by atoms with van der Waals surface area (Å²) in [5.74, 6) is -12.8. The molecule has 2 aliphatic rings. The number of nitrogens with one attached hydrogen (secondary N) is 1. The Labute approximate surface area is 238 Å². The van der Waals surface area contributed by atoms with Gasteiger partial charge in [0.1, 0.15) is 5.56 Å². The number of hydrogen-bond acceptors (Lipinski definition) is 6. The number of aliphatic hydroxyl groups excluding tert-OH is 1. The quantitative estimate of drug-likeness (QED) is 0.222. The molecule has 0 spiro atoms. The lowest BCUT2D eigenvalue weighted by atomic mass is 9.90. The van der Waals surface area contributed by atoms with Crippen LogP contribution in [0.3, 0.4) is 0 Å². The zero-order valence-corrected chi connectivity index (χ0v) is 22.6. The summed E-state index contributed by atoms with van der Waals surface area (Å²) in [4.78, 5) is 14.9. The summed E-state index contributed by atoms with van der Waals surface area (Å²) in [6, 6.07) is 13.4. The number of carbonyl (C=O) groups excluding carboxylic acids is 1. The predicted molar refractivity (Wildman–Crippen MR) is 141 cm³/mol. The molecule has 3 aromatic carbocycles. The third-order valence-corrected chi connectivity index (χ3v) is 7.52. The Balaban J connectivity index is 1.41. The first-order chi connectivity index (χ1) is 20.2. The van der Waals surface area contributed by atoms with E-state index < -0.39 is 53.0 Å². The van der Waals surface area contributed by atoms with Crippen molar-refractivity contribution >= 4 is 11.6 Å². The van der Waals surface area contributed by atoms with Crippen LogP contribution >= 0.6 is 0 Å². The number of nitrogens with zero attached hydrogens (tertiary/aromatic N) is 1. The first-order valence-corrected chi connectivity index (χ1v) is 13.4. The van der Waals surface area contributed by atoms with E-state index in [9.17, 15) is 31.9 Å². The minimum absolute atomic E-state index is 0.0286. The van der Waals surface area contributed by atoms with Gasteiger partial charge in [0.2, 0.25) is 5.82 Å². The van der Waals surface area contributed by atoms with Gasteiger partial charge in [-0.3, -0.25) is 9.69 Å². The maximum Gasteiger partial charge on any atom is 0.261 e. The summed E-state index contributed by atoms with van der Waals surface area (Å²) in [6.45, 7) is 5.23.